The second-order valence-electron chi connectivity index (χ2n) is 13.0. The van der Waals surface area contributed by atoms with Crippen LogP contribution in [0, 0.1) is 12.8 Å². The van der Waals surface area contributed by atoms with Gasteiger partial charge in [0, 0.05) is 6.20 Å². The first kappa shape index (κ1) is 31.1. The Kier molecular flexibility index (Phi) is 8.74. The number of carbonyl (C=O) groups excluding carboxylic acids is 2. The largest absolute Gasteiger partial charge is 0.497 e. The van der Waals surface area contributed by atoms with Gasteiger partial charge in [-0.2, -0.15) is 0 Å². The third kappa shape index (κ3) is 6.49. The molecule has 0 aliphatic carbocycles. The molecule has 0 unspecified atom stereocenters. The first-order chi connectivity index (χ1) is 18.4. The molecule has 1 fully saturated rings. The molecule has 1 aliphatic heterocycles. The number of ether oxygens (including phenoxy) is 2. The lowest BCUT2D eigenvalue weighted by molar-refractivity contribution is -0.163. The maximum absolute atomic E-state index is 13.4. The lowest BCUT2D eigenvalue weighted by Crippen LogP contribution is -2.75. The number of carbonyl (C=O) groups is 3. The molecule has 2 heterocycles. The number of β-lactam (4-membered cyclic amide) rings is 1. The number of rotatable bonds is 8. The monoisotopic (exact) mass is 569 g/mol. The summed E-state index contributed by atoms with van der Waals surface area (Å²) in [6.07, 6.45) is 1.34. The zero-order valence-corrected chi connectivity index (χ0v) is 26.4. The molecule has 0 saturated carbocycles. The number of anilines is 1. The number of methoxy groups -OCH3 is 1. The standard InChI is InChI=1S/C30H43N3O6Si/c1-19-17-31-24(32(28(37)39-29(2,3)4)18-20-11-13-22(38-8)14-12-20)16-21(19)15-23-25(27(35)36)33(26(23)34)40(9,10)30(5,6)7/h11-14,16-17,23,25H,15,18H2,1-10H3,(H,35,36)/t23-,25+/m1/s1. The van der Waals surface area contributed by atoms with Gasteiger partial charge in [-0.3, -0.25) is 9.69 Å². The van der Waals surface area contributed by atoms with E-state index in [0.29, 0.717) is 11.6 Å². The van der Waals surface area contributed by atoms with Crippen molar-refractivity contribution in [3.63, 3.8) is 0 Å². The highest BCUT2D eigenvalue weighted by molar-refractivity contribution is 6.80. The van der Waals surface area contributed by atoms with Crippen LogP contribution in [0.4, 0.5) is 10.6 Å². The van der Waals surface area contributed by atoms with Crippen LogP contribution < -0.4 is 9.64 Å². The van der Waals surface area contributed by atoms with Gasteiger partial charge >= 0.3 is 12.1 Å². The van der Waals surface area contributed by atoms with Gasteiger partial charge in [-0.05, 0) is 74.0 Å². The normalized spacial score (nSPS) is 17.8. The Bertz CT molecular complexity index is 1260. The molecule has 0 spiro atoms. The van der Waals surface area contributed by atoms with Crippen LogP contribution in [0.2, 0.25) is 18.1 Å². The smallest absolute Gasteiger partial charge is 0.416 e. The minimum absolute atomic E-state index is 0.126. The number of amides is 2. The highest BCUT2D eigenvalue weighted by Crippen LogP contribution is 2.45. The molecule has 1 aromatic carbocycles. The van der Waals surface area contributed by atoms with E-state index >= 15 is 0 Å². The van der Waals surface area contributed by atoms with E-state index < -0.39 is 37.9 Å². The lowest BCUT2D eigenvalue weighted by atomic mass is 9.84. The number of pyridine rings is 1. The van der Waals surface area contributed by atoms with Crippen LogP contribution in [0.5, 0.6) is 5.75 Å². The number of aryl methyl sites for hydroxylation is 1. The summed E-state index contributed by atoms with van der Waals surface area (Å²) in [7, 11) is -0.797. The SMILES string of the molecule is COc1ccc(CN(C(=O)OC(C)(C)C)c2cc(C[C@H]3C(=O)N([Si](C)(C)C(C)(C)C)[C@@H]3C(=O)O)c(C)cn2)cc1. The molecule has 0 radical (unpaired) electrons. The van der Waals surface area contributed by atoms with Gasteiger partial charge in [0.15, 0.2) is 8.24 Å². The summed E-state index contributed by atoms with van der Waals surface area (Å²) in [4.78, 5) is 45.1. The van der Waals surface area contributed by atoms with E-state index in [9.17, 15) is 19.5 Å². The van der Waals surface area contributed by atoms with Gasteiger partial charge in [-0.1, -0.05) is 46.0 Å². The van der Waals surface area contributed by atoms with Crippen LogP contribution >= 0.6 is 0 Å². The summed E-state index contributed by atoms with van der Waals surface area (Å²) >= 11 is 0. The number of nitrogens with zero attached hydrogens (tertiary/aromatic N) is 3. The van der Waals surface area contributed by atoms with Gasteiger partial charge in [0.2, 0.25) is 5.91 Å². The van der Waals surface area contributed by atoms with Crippen molar-refractivity contribution in [1.29, 1.82) is 0 Å². The summed E-state index contributed by atoms with van der Waals surface area (Å²) in [5.74, 6) is -0.730. The van der Waals surface area contributed by atoms with Crippen molar-refractivity contribution < 1.29 is 29.0 Å². The van der Waals surface area contributed by atoms with Crippen LogP contribution in [0.3, 0.4) is 0 Å². The number of aromatic nitrogens is 1. The molecule has 40 heavy (non-hydrogen) atoms. The Morgan fingerprint density at radius 2 is 1.70 bits per heavy atom. The molecule has 10 heteroatoms. The molecule has 1 aromatic heterocycles. The summed E-state index contributed by atoms with van der Waals surface area (Å²) < 4.78 is 12.6. The third-order valence-electron chi connectivity index (χ3n) is 7.93. The average molecular weight is 570 g/mol. The first-order valence-corrected chi connectivity index (χ1v) is 16.5. The van der Waals surface area contributed by atoms with Crippen molar-refractivity contribution in [2.75, 3.05) is 12.0 Å². The summed E-state index contributed by atoms with van der Waals surface area (Å²) in [5.41, 5.74) is 1.72. The molecule has 0 bridgehead atoms. The van der Waals surface area contributed by atoms with Crippen molar-refractivity contribution in [1.82, 2.24) is 9.55 Å². The molecule has 3 rings (SSSR count). The van der Waals surface area contributed by atoms with E-state index in [1.807, 2.05) is 44.3 Å². The Morgan fingerprint density at radius 3 is 2.20 bits per heavy atom. The fourth-order valence-corrected chi connectivity index (χ4v) is 7.07. The summed E-state index contributed by atoms with van der Waals surface area (Å²) in [6, 6.07) is 8.25. The Labute approximate surface area is 238 Å². The minimum Gasteiger partial charge on any atom is -0.497 e. The Morgan fingerprint density at radius 1 is 1.10 bits per heavy atom. The lowest BCUT2D eigenvalue weighted by Gasteiger charge is -2.56. The van der Waals surface area contributed by atoms with Crippen molar-refractivity contribution in [3.8, 4) is 5.75 Å². The number of benzene rings is 1. The highest BCUT2D eigenvalue weighted by atomic mass is 28.3. The molecular formula is C30H43N3O6Si. The van der Waals surface area contributed by atoms with Crippen molar-refractivity contribution in [2.45, 2.75) is 91.2 Å². The topological polar surface area (TPSA) is 109 Å². The molecule has 2 amide bonds. The Hall–Kier alpha value is -3.40. The molecule has 9 nitrogen and oxygen atoms in total. The number of hydrogen-bond acceptors (Lipinski definition) is 6. The van der Waals surface area contributed by atoms with Crippen molar-refractivity contribution in [2.24, 2.45) is 5.92 Å². The predicted octanol–water partition coefficient (Wildman–Crippen LogP) is 5.80. The van der Waals surface area contributed by atoms with E-state index in [2.05, 4.69) is 25.8 Å². The molecular weight excluding hydrogens is 526 g/mol. The molecule has 1 N–H and O–H groups in total. The second kappa shape index (κ2) is 11.2. The van der Waals surface area contributed by atoms with Gasteiger partial charge in [-0.15, -0.1) is 0 Å². The summed E-state index contributed by atoms with van der Waals surface area (Å²) in [5, 5.41) is 9.95. The fraction of sp³-hybridized carbons (Fsp3) is 0.533. The van der Waals surface area contributed by atoms with E-state index in [4.69, 9.17) is 9.47 Å². The number of carboxylic acids is 1. The van der Waals surface area contributed by atoms with Crippen LogP contribution in [-0.4, -0.2) is 59.6 Å². The fourth-order valence-electron chi connectivity index (χ4n) is 4.64. The van der Waals surface area contributed by atoms with Crippen LogP contribution in [0.25, 0.3) is 0 Å². The van der Waals surface area contributed by atoms with E-state index in [1.165, 1.54) is 4.90 Å². The third-order valence-corrected chi connectivity index (χ3v) is 13.3. The highest BCUT2D eigenvalue weighted by Gasteiger charge is 2.59. The van der Waals surface area contributed by atoms with E-state index in [0.717, 1.165) is 16.7 Å². The summed E-state index contributed by atoms with van der Waals surface area (Å²) in [6.45, 7) is 17.7. The molecule has 2 aromatic rings. The van der Waals surface area contributed by atoms with E-state index in [1.54, 1.807) is 44.7 Å². The van der Waals surface area contributed by atoms with E-state index in [-0.39, 0.29) is 23.9 Å². The van der Waals surface area contributed by atoms with Crippen LogP contribution in [0.1, 0.15) is 58.2 Å². The predicted molar refractivity (Wildman–Crippen MR) is 157 cm³/mol. The Balaban J connectivity index is 1.95. The second-order valence-corrected chi connectivity index (χ2v) is 18.1. The maximum Gasteiger partial charge on any atom is 0.416 e. The van der Waals surface area contributed by atoms with Gasteiger partial charge < -0.3 is 19.1 Å². The van der Waals surface area contributed by atoms with Gasteiger partial charge in [0.1, 0.15) is 23.2 Å². The average Bonchev–Trinajstić information content (AvgIpc) is 2.83. The van der Waals surface area contributed by atoms with Gasteiger partial charge in [0.25, 0.3) is 0 Å². The molecule has 1 aliphatic rings. The quantitative estimate of drug-likeness (QED) is 0.316. The number of aliphatic carboxylic acids is 1. The van der Waals surface area contributed by atoms with Crippen molar-refractivity contribution >= 4 is 32.0 Å². The van der Waals surface area contributed by atoms with Gasteiger partial charge in [0.05, 0.1) is 19.6 Å². The maximum atomic E-state index is 13.4. The first-order valence-electron chi connectivity index (χ1n) is 13.5. The zero-order valence-electron chi connectivity index (χ0n) is 25.4. The molecule has 2 atom stereocenters. The molecule has 1 saturated heterocycles. The minimum atomic E-state index is -2.39. The molecule has 218 valence electrons. The van der Waals surface area contributed by atoms with Gasteiger partial charge in [-0.25, -0.2) is 14.6 Å². The van der Waals surface area contributed by atoms with Crippen LogP contribution in [0.15, 0.2) is 36.5 Å². The zero-order chi connectivity index (χ0) is 30.2. The van der Waals surface area contributed by atoms with Crippen LogP contribution in [-0.2, 0) is 27.3 Å². The number of hydrogen-bond donors (Lipinski definition) is 1. The van der Waals surface area contributed by atoms with Crippen molar-refractivity contribution in [3.05, 3.63) is 53.2 Å². The number of carboxylic acid groups (broad SMARTS) is 1.